The first-order valence-corrected chi connectivity index (χ1v) is 9.84. The molecule has 1 aromatic carbocycles. The molecule has 6 nitrogen and oxygen atoms in total. The Morgan fingerprint density at radius 2 is 1.96 bits per heavy atom. The van der Waals surface area contributed by atoms with Gasteiger partial charge in [-0.25, -0.2) is 4.79 Å². The summed E-state index contributed by atoms with van der Waals surface area (Å²) >= 11 is 0. The topological polar surface area (TPSA) is 84.7 Å². The van der Waals surface area contributed by atoms with Gasteiger partial charge in [0.05, 0.1) is 11.4 Å². The van der Waals surface area contributed by atoms with Crippen LogP contribution in [0.15, 0.2) is 18.2 Å². The van der Waals surface area contributed by atoms with Crippen molar-refractivity contribution >= 4 is 36.7 Å². The van der Waals surface area contributed by atoms with Crippen molar-refractivity contribution in [3.8, 4) is 0 Å². The van der Waals surface area contributed by atoms with E-state index < -0.39 is 17.7 Å². The maximum absolute atomic E-state index is 13.1. The van der Waals surface area contributed by atoms with Crippen LogP contribution in [-0.4, -0.2) is 42.4 Å². The molecule has 0 unspecified atom stereocenters. The number of nitrogens with zero attached hydrogens (tertiary/aromatic N) is 1. The molecule has 1 saturated heterocycles. The zero-order valence-electron chi connectivity index (χ0n) is 16.7. The lowest BCUT2D eigenvalue weighted by atomic mass is 9.85. The van der Waals surface area contributed by atoms with Crippen LogP contribution in [0.5, 0.6) is 0 Å². The van der Waals surface area contributed by atoms with Gasteiger partial charge in [0.1, 0.15) is 19.5 Å². The van der Waals surface area contributed by atoms with E-state index in [1.54, 1.807) is 4.90 Å². The molecule has 2 fully saturated rings. The van der Waals surface area contributed by atoms with Gasteiger partial charge < -0.3 is 15.8 Å². The molecule has 0 aromatic heterocycles. The second-order valence-corrected chi connectivity index (χ2v) is 8.83. The number of ether oxygens (including phenoxy) is 1. The highest BCUT2D eigenvalue weighted by molar-refractivity contribution is 6.32. The predicted octanol–water partition coefficient (Wildman–Crippen LogP) is 2.03. The smallest absolute Gasteiger partial charge is 0.411 e. The van der Waals surface area contributed by atoms with Gasteiger partial charge in [0.15, 0.2) is 0 Å². The highest BCUT2D eigenvalue weighted by Crippen LogP contribution is 2.41. The van der Waals surface area contributed by atoms with E-state index in [1.807, 2.05) is 46.8 Å². The Morgan fingerprint density at radius 1 is 1.26 bits per heavy atom. The number of nitrogens with one attached hydrogen (secondary N) is 1. The lowest BCUT2D eigenvalue weighted by Gasteiger charge is -2.34. The molecule has 146 valence electrons. The summed E-state index contributed by atoms with van der Waals surface area (Å²) in [6, 6.07) is 5.11. The summed E-state index contributed by atoms with van der Waals surface area (Å²) in [5.41, 5.74) is 7.60. The van der Waals surface area contributed by atoms with E-state index in [4.69, 9.17) is 10.5 Å². The summed E-state index contributed by atoms with van der Waals surface area (Å²) in [5, 5.41) is 2.92. The van der Waals surface area contributed by atoms with E-state index >= 15 is 0 Å². The molecule has 1 aromatic rings. The number of amides is 2. The normalized spacial score (nSPS) is 25.0. The molecule has 27 heavy (non-hydrogen) atoms. The van der Waals surface area contributed by atoms with Crippen molar-refractivity contribution in [3.05, 3.63) is 18.2 Å². The predicted molar refractivity (Wildman–Crippen MR) is 110 cm³/mol. The van der Waals surface area contributed by atoms with E-state index in [0.717, 1.165) is 31.1 Å². The monoisotopic (exact) mass is 371 g/mol. The molecule has 3 atom stereocenters. The third-order valence-corrected chi connectivity index (χ3v) is 5.46. The second kappa shape index (κ2) is 7.45. The minimum Gasteiger partial charge on any atom is -0.444 e. The fourth-order valence-corrected chi connectivity index (χ4v) is 4.28. The van der Waals surface area contributed by atoms with Gasteiger partial charge in [-0.1, -0.05) is 24.4 Å². The molecule has 7 heteroatoms. The largest absolute Gasteiger partial charge is 0.444 e. The van der Waals surface area contributed by atoms with Gasteiger partial charge in [-0.15, -0.1) is 0 Å². The molecular weight excluding hydrogens is 341 g/mol. The lowest BCUT2D eigenvalue weighted by Crippen LogP contribution is -2.49. The Morgan fingerprint density at radius 3 is 2.63 bits per heavy atom. The maximum Gasteiger partial charge on any atom is 0.411 e. The van der Waals surface area contributed by atoms with Crippen LogP contribution in [0, 0.1) is 5.92 Å². The van der Waals surface area contributed by atoms with Gasteiger partial charge in [0.2, 0.25) is 5.91 Å². The van der Waals surface area contributed by atoms with Crippen molar-refractivity contribution in [1.29, 1.82) is 0 Å². The molecule has 0 radical (unpaired) electrons. The highest BCUT2D eigenvalue weighted by atomic mass is 16.6. The number of nitrogens with two attached hydrogens (primary N) is 1. The summed E-state index contributed by atoms with van der Waals surface area (Å²) in [6.07, 6.45) is 4.51. The summed E-state index contributed by atoms with van der Waals surface area (Å²) in [7, 11) is 1.95. The fraction of sp³-hybridized carbons (Fsp3) is 0.600. The summed E-state index contributed by atoms with van der Waals surface area (Å²) in [5.74, 6) is 0.170. The van der Waals surface area contributed by atoms with Crippen molar-refractivity contribution in [2.45, 2.75) is 70.6 Å². The first-order chi connectivity index (χ1) is 12.7. The molecule has 1 aliphatic heterocycles. The summed E-state index contributed by atoms with van der Waals surface area (Å²) in [6.45, 7) is 5.55. The second-order valence-electron chi connectivity index (χ2n) is 8.83. The average Bonchev–Trinajstić information content (AvgIpc) is 2.95. The first kappa shape index (κ1) is 19.6. The fourth-order valence-electron chi connectivity index (χ4n) is 4.28. The van der Waals surface area contributed by atoms with E-state index in [0.29, 0.717) is 23.7 Å². The number of rotatable bonds is 2. The number of benzene rings is 1. The molecule has 3 N–H and O–H groups in total. The van der Waals surface area contributed by atoms with Crippen LogP contribution >= 0.6 is 0 Å². The van der Waals surface area contributed by atoms with Crippen LogP contribution in [0.4, 0.5) is 16.2 Å². The van der Waals surface area contributed by atoms with Crippen molar-refractivity contribution in [2.24, 2.45) is 5.92 Å². The number of anilines is 2. The third-order valence-electron chi connectivity index (χ3n) is 5.46. The Labute approximate surface area is 162 Å². The Balaban J connectivity index is 1.81. The van der Waals surface area contributed by atoms with E-state index in [9.17, 15) is 9.59 Å². The summed E-state index contributed by atoms with van der Waals surface area (Å²) < 4.78 is 5.62. The van der Waals surface area contributed by atoms with E-state index in [-0.39, 0.29) is 11.9 Å². The van der Waals surface area contributed by atoms with E-state index in [1.165, 1.54) is 0 Å². The number of carbonyl (C=O) groups excluding carboxylic acids is 2. The van der Waals surface area contributed by atoms with Crippen LogP contribution in [-0.2, 0) is 9.53 Å². The standard InChI is InChI=1S/C20H30BN3O3/c1-20(2,3)27-19(26)24-16-7-5-4-6-12(16)10-17(24)18(25)23-15-9-8-13(21)11-14(15)22/h8-9,11-12,16-17H,4-7,10,21-22H2,1-3H3,(H,23,25)/t12-,16-,17-/m0/s1. The number of likely N-dealkylation sites (tertiary alicyclic amines) is 1. The molecule has 0 bridgehead atoms. The lowest BCUT2D eigenvalue weighted by molar-refractivity contribution is -0.120. The number of nitrogen functional groups attached to an aromatic ring is 1. The van der Waals surface area contributed by atoms with Crippen LogP contribution in [0.3, 0.4) is 0 Å². The third kappa shape index (κ3) is 4.39. The number of hydrogen-bond donors (Lipinski definition) is 2. The van der Waals surface area contributed by atoms with Crippen molar-refractivity contribution in [3.63, 3.8) is 0 Å². The van der Waals surface area contributed by atoms with Crippen molar-refractivity contribution in [2.75, 3.05) is 11.1 Å². The Hall–Kier alpha value is -2.18. The average molecular weight is 371 g/mol. The van der Waals surface area contributed by atoms with Crippen molar-refractivity contribution in [1.82, 2.24) is 4.90 Å². The zero-order chi connectivity index (χ0) is 19.8. The molecular formula is C20H30BN3O3. The molecule has 2 aliphatic rings. The van der Waals surface area contributed by atoms with Gasteiger partial charge in [0.25, 0.3) is 0 Å². The minimum atomic E-state index is -0.591. The van der Waals surface area contributed by atoms with Crippen molar-refractivity contribution < 1.29 is 14.3 Å². The number of fused-ring (bicyclic) bond motifs is 1. The highest BCUT2D eigenvalue weighted by Gasteiger charge is 2.48. The quantitative estimate of drug-likeness (QED) is 0.616. The molecule has 1 saturated carbocycles. The Bertz CT molecular complexity index is 732. The van der Waals surface area contributed by atoms with Gasteiger partial charge in [-0.2, -0.15) is 0 Å². The van der Waals surface area contributed by atoms with Gasteiger partial charge in [0, 0.05) is 6.04 Å². The van der Waals surface area contributed by atoms with Crippen LogP contribution in [0.1, 0.15) is 52.9 Å². The van der Waals surface area contributed by atoms with Crippen LogP contribution < -0.4 is 16.5 Å². The van der Waals surface area contributed by atoms with Gasteiger partial charge in [-0.3, -0.25) is 9.69 Å². The molecule has 1 heterocycles. The maximum atomic E-state index is 13.1. The molecule has 0 spiro atoms. The number of carbonyl (C=O) groups is 2. The first-order valence-electron chi connectivity index (χ1n) is 9.84. The molecule has 2 amide bonds. The molecule has 1 aliphatic carbocycles. The molecule has 3 rings (SSSR count). The van der Waals surface area contributed by atoms with Crippen LogP contribution in [0.2, 0.25) is 0 Å². The summed E-state index contributed by atoms with van der Waals surface area (Å²) in [4.78, 5) is 27.6. The van der Waals surface area contributed by atoms with Crippen LogP contribution in [0.25, 0.3) is 0 Å². The van der Waals surface area contributed by atoms with Gasteiger partial charge in [-0.05, 0) is 58.1 Å². The SMILES string of the molecule is Bc1ccc(NC(=O)[C@@H]2C[C@@H]3CCCC[C@@H]3N2C(=O)OC(C)(C)C)c(N)c1. The Kier molecular flexibility index (Phi) is 5.40. The van der Waals surface area contributed by atoms with E-state index in [2.05, 4.69) is 5.32 Å². The van der Waals surface area contributed by atoms with Gasteiger partial charge >= 0.3 is 6.09 Å². The zero-order valence-corrected chi connectivity index (χ0v) is 16.7. The minimum absolute atomic E-state index is 0.0831. The number of hydrogen-bond acceptors (Lipinski definition) is 4.